The van der Waals surface area contributed by atoms with Crippen molar-refractivity contribution in [1.29, 1.82) is 0 Å². The zero-order valence-electron chi connectivity index (χ0n) is 12.4. The van der Waals surface area contributed by atoms with Crippen LogP contribution in [0.4, 0.5) is 0 Å². The standard InChI is InChI=1S/C17H23N3O/c21-17(19-15-6-8-20(11-15)16-3-4-16)13-2-1-12-5-7-18-10-14(12)9-13/h1-2,9,15-16,18H,3-8,10-11H2,(H,19,21). The average molecular weight is 285 g/mol. The van der Waals surface area contributed by atoms with Gasteiger partial charge in [-0.15, -0.1) is 0 Å². The first-order chi connectivity index (χ1) is 10.3. The fraction of sp³-hybridized carbons (Fsp3) is 0.588. The number of hydrogen-bond acceptors (Lipinski definition) is 3. The first kappa shape index (κ1) is 13.3. The minimum atomic E-state index is 0.0889. The van der Waals surface area contributed by atoms with Gasteiger partial charge in [0.05, 0.1) is 0 Å². The summed E-state index contributed by atoms with van der Waals surface area (Å²) < 4.78 is 0. The minimum absolute atomic E-state index is 0.0889. The van der Waals surface area contributed by atoms with Gasteiger partial charge in [0, 0.05) is 37.3 Å². The summed E-state index contributed by atoms with van der Waals surface area (Å²) in [5, 5.41) is 6.58. The van der Waals surface area contributed by atoms with Gasteiger partial charge in [0.2, 0.25) is 0 Å². The molecule has 0 aromatic heterocycles. The normalized spacial score (nSPS) is 25.6. The molecule has 2 N–H and O–H groups in total. The van der Waals surface area contributed by atoms with E-state index < -0.39 is 0 Å². The van der Waals surface area contributed by atoms with E-state index in [1.807, 2.05) is 6.07 Å². The second-order valence-corrected chi connectivity index (χ2v) is 6.60. The minimum Gasteiger partial charge on any atom is -0.348 e. The van der Waals surface area contributed by atoms with Gasteiger partial charge in [-0.2, -0.15) is 0 Å². The highest BCUT2D eigenvalue weighted by Crippen LogP contribution is 2.29. The van der Waals surface area contributed by atoms with Crippen molar-refractivity contribution in [1.82, 2.24) is 15.5 Å². The molecule has 21 heavy (non-hydrogen) atoms. The van der Waals surface area contributed by atoms with Crippen molar-refractivity contribution in [3.8, 4) is 0 Å². The van der Waals surface area contributed by atoms with Gasteiger partial charge in [0.25, 0.3) is 5.91 Å². The quantitative estimate of drug-likeness (QED) is 0.880. The topological polar surface area (TPSA) is 44.4 Å². The van der Waals surface area contributed by atoms with E-state index in [2.05, 4.69) is 27.7 Å². The third-order valence-electron chi connectivity index (χ3n) is 4.97. The van der Waals surface area contributed by atoms with Gasteiger partial charge < -0.3 is 10.6 Å². The van der Waals surface area contributed by atoms with E-state index in [4.69, 9.17) is 0 Å². The summed E-state index contributed by atoms with van der Waals surface area (Å²) in [5.74, 6) is 0.0889. The molecule has 1 saturated heterocycles. The number of nitrogens with zero attached hydrogens (tertiary/aromatic N) is 1. The highest BCUT2D eigenvalue weighted by molar-refractivity contribution is 5.94. The Morgan fingerprint density at radius 1 is 1.24 bits per heavy atom. The van der Waals surface area contributed by atoms with Crippen LogP contribution in [0.1, 0.15) is 40.7 Å². The van der Waals surface area contributed by atoms with Gasteiger partial charge >= 0.3 is 0 Å². The molecule has 1 saturated carbocycles. The summed E-state index contributed by atoms with van der Waals surface area (Å²) in [7, 11) is 0. The predicted octanol–water partition coefficient (Wildman–Crippen LogP) is 1.30. The molecule has 1 aromatic carbocycles. The number of amides is 1. The fourth-order valence-electron chi connectivity index (χ4n) is 3.57. The zero-order chi connectivity index (χ0) is 14.2. The second kappa shape index (κ2) is 5.43. The molecule has 4 rings (SSSR count). The van der Waals surface area contributed by atoms with Gasteiger partial charge in [0.15, 0.2) is 0 Å². The van der Waals surface area contributed by atoms with Crippen molar-refractivity contribution in [2.45, 2.75) is 44.3 Å². The van der Waals surface area contributed by atoms with Crippen molar-refractivity contribution < 1.29 is 4.79 Å². The van der Waals surface area contributed by atoms with Crippen molar-refractivity contribution in [2.24, 2.45) is 0 Å². The Labute approximate surface area is 125 Å². The Balaban J connectivity index is 1.40. The zero-order valence-corrected chi connectivity index (χ0v) is 12.4. The molecule has 4 nitrogen and oxygen atoms in total. The van der Waals surface area contributed by atoms with Gasteiger partial charge in [-0.1, -0.05) is 6.07 Å². The number of carbonyl (C=O) groups is 1. The maximum atomic E-state index is 12.4. The van der Waals surface area contributed by atoms with Crippen LogP contribution in [0.15, 0.2) is 18.2 Å². The molecular formula is C17H23N3O. The van der Waals surface area contributed by atoms with Crippen LogP contribution in [-0.4, -0.2) is 42.5 Å². The summed E-state index contributed by atoms with van der Waals surface area (Å²) in [5.41, 5.74) is 3.47. The van der Waals surface area contributed by atoms with E-state index in [0.717, 1.165) is 50.6 Å². The maximum Gasteiger partial charge on any atom is 0.251 e. The van der Waals surface area contributed by atoms with E-state index >= 15 is 0 Å². The molecule has 4 heteroatoms. The molecule has 0 spiro atoms. The summed E-state index contributed by atoms with van der Waals surface area (Å²) in [6.07, 6.45) is 4.85. The lowest BCUT2D eigenvalue weighted by Gasteiger charge is -2.19. The number of benzene rings is 1. The average Bonchev–Trinajstić information content (AvgIpc) is 3.27. The molecule has 0 radical (unpaired) electrons. The third kappa shape index (κ3) is 2.83. The fourth-order valence-corrected chi connectivity index (χ4v) is 3.57. The molecule has 2 aliphatic heterocycles. The smallest absolute Gasteiger partial charge is 0.251 e. The van der Waals surface area contributed by atoms with Crippen LogP contribution in [0.2, 0.25) is 0 Å². The van der Waals surface area contributed by atoms with E-state index in [-0.39, 0.29) is 5.91 Å². The first-order valence-electron chi connectivity index (χ1n) is 8.17. The lowest BCUT2D eigenvalue weighted by atomic mass is 9.98. The molecular weight excluding hydrogens is 262 g/mol. The van der Waals surface area contributed by atoms with E-state index in [1.54, 1.807) is 0 Å². The molecule has 1 unspecified atom stereocenters. The predicted molar refractivity (Wildman–Crippen MR) is 82.3 cm³/mol. The van der Waals surface area contributed by atoms with Gasteiger partial charge in [-0.25, -0.2) is 0 Å². The number of carbonyl (C=O) groups excluding carboxylic acids is 1. The molecule has 112 valence electrons. The molecule has 3 aliphatic rings. The number of rotatable bonds is 3. The van der Waals surface area contributed by atoms with E-state index in [9.17, 15) is 4.79 Å². The van der Waals surface area contributed by atoms with Crippen LogP contribution < -0.4 is 10.6 Å². The Hall–Kier alpha value is -1.39. The monoisotopic (exact) mass is 285 g/mol. The molecule has 2 heterocycles. The summed E-state index contributed by atoms with van der Waals surface area (Å²) in [6, 6.07) is 7.29. The molecule has 1 aromatic rings. The number of nitrogens with one attached hydrogen (secondary N) is 2. The Bertz CT molecular complexity index is 553. The highest BCUT2D eigenvalue weighted by atomic mass is 16.1. The van der Waals surface area contributed by atoms with Crippen LogP contribution in [0.3, 0.4) is 0 Å². The Morgan fingerprint density at radius 3 is 3.00 bits per heavy atom. The largest absolute Gasteiger partial charge is 0.348 e. The van der Waals surface area contributed by atoms with Crippen LogP contribution in [0, 0.1) is 0 Å². The molecule has 1 aliphatic carbocycles. The Morgan fingerprint density at radius 2 is 2.14 bits per heavy atom. The van der Waals surface area contributed by atoms with Crippen LogP contribution in [0.5, 0.6) is 0 Å². The van der Waals surface area contributed by atoms with Gasteiger partial charge in [0.1, 0.15) is 0 Å². The first-order valence-corrected chi connectivity index (χ1v) is 8.17. The van der Waals surface area contributed by atoms with Crippen molar-refractivity contribution in [3.05, 3.63) is 34.9 Å². The number of likely N-dealkylation sites (tertiary alicyclic amines) is 1. The van der Waals surface area contributed by atoms with E-state index in [0.29, 0.717) is 6.04 Å². The third-order valence-corrected chi connectivity index (χ3v) is 4.97. The lowest BCUT2D eigenvalue weighted by molar-refractivity contribution is 0.0937. The summed E-state index contributed by atoms with van der Waals surface area (Å²) >= 11 is 0. The molecule has 0 bridgehead atoms. The SMILES string of the molecule is O=C(NC1CCN(C2CC2)C1)c1ccc2c(c1)CNCC2. The summed E-state index contributed by atoms with van der Waals surface area (Å²) in [6.45, 7) is 4.10. The van der Waals surface area contributed by atoms with E-state index in [1.165, 1.54) is 24.0 Å². The maximum absolute atomic E-state index is 12.4. The van der Waals surface area contributed by atoms with Crippen LogP contribution in [-0.2, 0) is 13.0 Å². The van der Waals surface area contributed by atoms with Crippen molar-refractivity contribution in [2.75, 3.05) is 19.6 Å². The number of hydrogen-bond donors (Lipinski definition) is 2. The molecule has 1 atom stereocenters. The van der Waals surface area contributed by atoms with Gasteiger partial charge in [-0.05, 0) is 55.5 Å². The lowest BCUT2D eigenvalue weighted by Crippen LogP contribution is -2.37. The Kier molecular flexibility index (Phi) is 3.43. The highest BCUT2D eigenvalue weighted by Gasteiger charge is 2.34. The van der Waals surface area contributed by atoms with Gasteiger partial charge in [-0.3, -0.25) is 9.69 Å². The molecule has 1 amide bonds. The van der Waals surface area contributed by atoms with Crippen molar-refractivity contribution in [3.63, 3.8) is 0 Å². The molecule has 2 fully saturated rings. The van der Waals surface area contributed by atoms with Crippen molar-refractivity contribution >= 4 is 5.91 Å². The summed E-state index contributed by atoms with van der Waals surface area (Å²) in [4.78, 5) is 15.0. The second-order valence-electron chi connectivity index (χ2n) is 6.60. The van der Waals surface area contributed by atoms with Crippen LogP contribution >= 0.6 is 0 Å². The number of fused-ring (bicyclic) bond motifs is 1. The van der Waals surface area contributed by atoms with Crippen LogP contribution in [0.25, 0.3) is 0 Å².